The third kappa shape index (κ3) is 4.41. The molecule has 1 aromatic heterocycles. The van der Waals surface area contributed by atoms with Crippen molar-refractivity contribution >= 4 is 29.8 Å². The van der Waals surface area contributed by atoms with Gasteiger partial charge in [0.25, 0.3) is 0 Å². The molecular weight excluding hydrogens is 315 g/mol. The lowest BCUT2D eigenvalue weighted by molar-refractivity contribution is -0.120. The number of amides is 1. The molecule has 1 fully saturated rings. The average molecular weight is 332 g/mol. The van der Waals surface area contributed by atoms with Crippen LogP contribution in [0.15, 0.2) is 29.4 Å². The number of aromatic amines is 1. The standard InChI is InChI=1S/C16H17FN4OS/c17-12-7-4-11(5-8-12)6-9-14-19-16(21-20-14)23-13-3-1-2-10-18-15(13)22/h4-9,13H,1-3,10H2,(H,18,22)(H,19,20,21)/b9-6+. The second-order valence-electron chi connectivity index (χ2n) is 5.28. The molecule has 2 N–H and O–H groups in total. The normalized spacial score (nSPS) is 18.8. The van der Waals surface area contributed by atoms with Crippen LogP contribution in [0.2, 0.25) is 0 Å². The van der Waals surface area contributed by atoms with E-state index in [-0.39, 0.29) is 17.0 Å². The maximum Gasteiger partial charge on any atom is 0.233 e. The van der Waals surface area contributed by atoms with Gasteiger partial charge in [-0.25, -0.2) is 9.37 Å². The van der Waals surface area contributed by atoms with E-state index in [2.05, 4.69) is 20.5 Å². The summed E-state index contributed by atoms with van der Waals surface area (Å²) in [5, 5.41) is 10.3. The molecule has 2 aromatic rings. The molecule has 23 heavy (non-hydrogen) atoms. The number of aromatic nitrogens is 3. The molecule has 0 radical (unpaired) electrons. The molecule has 0 spiro atoms. The first-order chi connectivity index (χ1) is 11.2. The summed E-state index contributed by atoms with van der Waals surface area (Å²) in [4.78, 5) is 16.3. The molecule has 0 bridgehead atoms. The Bertz CT molecular complexity index is 698. The van der Waals surface area contributed by atoms with Gasteiger partial charge in [-0.1, -0.05) is 36.4 Å². The van der Waals surface area contributed by atoms with Gasteiger partial charge < -0.3 is 5.32 Å². The summed E-state index contributed by atoms with van der Waals surface area (Å²) < 4.78 is 12.8. The smallest absolute Gasteiger partial charge is 0.233 e. The van der Waals surface area contributed by atoms with E-state index in [0.717, 1.165) is 31.4 Å². The monoisotopic (exact) mass is 332 g/mol. The van der Waals surface area contributed by atoms with E-state index in [9.17, 15) is 9.18 Å². The maximum atomic E-state index is 12.8. The van der Waals surface area contributed by atoms with Gasteiger partial charge in [-0.2, -0.15) is 0 Å². The Hall–Kier alpha value is -2.15. The van der Waals surface area contributed by atoms with E-state index in [4.69, 9.17) is 0 Å². The van der Waals surface area contributed by atoms with Crippen molar-refractivity contribution in [2.75, 3.05) is 6.54 Å². The van der Waals surface area contributed by atoms with Gasteiger partial charge in [0.2, 0.25) is 11.1 Å². The summed E-state index contributed by atoms with van der Waals surface area (Å²) in [6.45, 7) is 0.746. The van der Waals surface area contributed by atoms with Gasteiger partial charge in [-0.15, -0.1) is 5.10 Å². The highest BCUT2D eigenvalue weighted by molar-refractivity contribution is 8.00. The number of rotatable bonds is 4. The molecule has 3 rings (SSSR count). The van der Waals surface area contributed by atoms with Gasteiger partial charge in [0.15, 0.2) is 0 Å². The first kappa shape index (κ1) is 15.7. The minimum atomic E-state index is -0.262. The van der Waals surface area contributed by atoms with Crippen LogP contribution in [-0.4, -0.2) is 32.9 Å². The van der Waals surface area contributed by atoms with E-state index in [0.29, 0.717) is 11.0 Å². The number of nitrogens with zero attached hydrogens (tertiary/aromatic N) is 2. The fraction of sp³-hybridized carbons (Fsp3) is 0.312. The van der Waals surface area contributed by atoms with Crippen LogP contribution in [0.25, 0.3) is 12.2 Å². The second kappa shape index (κ2) is 7.41. The fourth-order valence-electron chi connectivity index (χ4n) is 2.29. The van der Waals surface area contributed by atoms with Crippen LogP contribution in [0.3, 0.4) is 0 Å². The van der Waals surface area contributed by atoms with Crippen molar-refractivity contribution in [3.63, 3.8) is 0 Å². The predicted molar refractivity (Wildman–Crippen MR) is 88.2 cm³/mol. The second-order valence-corrected chi connectivity index (χ2v) is 6.45. The molecule has 1 atom stereocenters. The molecule has 1 amide bonds. The van der Waals surface area contributed by atoms with Gasteiger partial charge >= 0.3 is 0 Å². The van der Waals surface area contributed by atoms with Crippen molar-refractivity contribution in [3.8, 4) is 0 Å². The summed E-state index contributed by atoms with van der Waals surface area (Å²) in [6, 6.07) is 6.19. The minimum Gasteiger partial charge on any atom is -0.355 e. The van der Waals surface area contributed by atoms with Crippen molar-refractivity contribution in [1.29, 1.82) is 0 Å². The van der Waals surface area contributed by atoms with Crippen LogP contribution >= 0.6 is 11.8 Å². The number of thioether (sulfide) groups is 1. The summed E-state index contributed by atoms with van der Waals surface area (Å²) in [5.74, 6) is 0.397. The van der Waals surface area contributed by atoms with Gasteiger partial charge in [0, 0.05) is 6.54 Å². The lowest BCUT2D eigenvalue weighted by Crippen LogP contribution is -2.30. The van der Waals surface area contributed by atoms with Crippen LogP contribution in [0, 0.1) is 5.82 Å². The first-order valence-electron chi connectivity index (χ1n) is 7.51. The zero-order chi connectivity index (χ0) is 16.1. The molecule has 5 nitrogen and oxygen atoms in total. The van der Waals surface area contributed by atoms with E-state index in [1.165, 1.54) is 23.9 Å². The van der Waals surface area contributed by atoms with Crippen molar-refractivity contribution in [1.82, 2.24) is 20.5 Å². The van der Waals surface area contributed by atoms with Gasteiger partial charge in [0.05, 0.1) is 5.25 Å². The lowest BCUT2D eigenvalue weighted by atomic mass is 10.2. The number of H-pyrrole nitrogens is 1. The van der Waals surface area contributed by atoms with E-state index in [1.54, 1.807) is 18.2 Å². The van der Waals surface area contributed by atoms with E-state index < -0.39 is 0 Å². The number of hydrogen-bond donors (Lipinski definition) is 2. The van der Waals surface area contributed by atoms with E-state index in [1.807, 2.05) is 6.08 Å². The topological polar surface area (TPSA) is 70.7 Å². The Morgan fingerprint density at radius 1 is 1.22 bits per heavy atom. The number of carbonyl (C=O) groups is 1. The number of hydrogen-bond acceptors (Lipinski definition) is 4. The predicted octanol–water partition coefficient (Wildman–Crippen LogP) is 2.88. The van der Waals surface area contributed by atoms with Crippen molar-refractivity contribution in [3.05, 3.63) is 41.5 Å². The molecule has 1 aliphatic rings. The molecule has 1 unspecified atom stereocenters. The SMILES string of the molecule is O=C1NCCCCC1Sc1n[nH]c(/C=C/c2ccc(F)cc2)n1. The van der Waals surface area contributed by atoms with Crippen LogP contribution in [0.1, 0.15) is 30.7 Å². The summed E-state index contributed by atoms with van der Waals surface area (Å²) in [7, 11) is 0. The van der Waals surface area contributed by atoms with Gasteiger partial charge in [-0.3, -0.25) is 9.89 Å². The average Bonchev–Trinajstić information content (AvgIpc) is 2.90. The van der Waals surface area contributed by atoms with Gasteiger partial charge in [0.1, 0.15) is 11.6 Å². The summed E-state index contributed by atoms with van der Waals surface area (Å²) in [5.41, 5.74) is 0.875. The first-order valence-corrected chi connectivity index (χ1v) is 8.39. The van der Waals surface area contributed by atoms with Crippen molar-refractivity contribution < 1.29 is 9.18 Å². The largest absolute Gasteiger partial charge is 0.355 e. The minimum absolute atomic E-state index is 0.0562. The van der Waals surface area contributed by atoms with Gasteiger partial charge in [-0.05, 0) is 36.6 Å². The Morgan fingerprint density at radius 3 is 2.87 bits per heavy atom. The number of nitrogens with one attached hydrogen (secondary N) is 2. The quantitative estimate of drug-likeness (QED) is 0.903. The highest BCUT2D eigenvalue weighted by Gasteiger charge is 2.23. The van der Waals surface area contributed by atoms with Crippen LogP contribution < -0.4 is 5.32 Å². The molecule has 1 aliphatic heterocycles. The van der Waals surface area contributed by atoms with Crippen LogP contribution in [0.4, 0.5) is 4.39 Å². The van der Waals surface area contributed by atoms with E-state index >= 15 is 0 Å². The number of benzene rings is 1. The highest BCUT2D eigenvalue weighted by Crippen LogP contribution is 2.25. The molecule has 1 aromatic carbocycles. The van der Waals surface area contributed by atoms with Crippen molar-refractivity contribution in [2.24, 2.45) is 0 Å². The Kier molecular flexibility index (Phi) is 5.07. The summed E-state index contributed by atoms with van der Waals surface area (Å²) in [6.07, 6.45) is 6.48. The zero-order valence-corrected chi connectivity index (χ0v) is 13.3. The Morgan fingerprint density at radius 2 is 2.04 bits per heavy atom. The molecule has 0 saturated carbocycles. The van der Waals surface area contributed by atoms with Crippen LogP contribution in [0.5, 0.6) is 0 Å². The highest BCUT2D eigenvalue weighted by atomic mass is 32.2. The molecular formula is C16H17FN4OS. The van der Waals surface area contributed by atoms with Crippen molar-refractivity contribution in [2.45, 2.75) is 29.7 Å². The Labute approximate surface area is 137 Å². The molecule has 0 aliphatic carbocycles. The molecule has 7 heteroatoms. The number of halogens is 1. The molecule has 120 valence electrons. The number of carbonyl (C=O) groups excluding carboxylic acids is 1. The molecule has 1 saturated heterocycles. The fourth-order valence-corrected chi connectivity index (χ4v) is 3.26. The Balaban J connectivity index is 1.63. The maximum absolute atomic E-state index is 12.8. The van der Waals surface area contributed by atoms with Crippen LogP contribution in [-0.2, 0) is 4.79 Å². The summed E-state index contributed by atoms with van der Waals surface area (Å²) >= 11 is 1.38. The lowest BCUT2D eigenvalue weighted by Gasteiger charge is -2.09. The third-order valence-corrected chi connectivity index (χ3v) is 4.65. The zero-order valence-electron chi connectivity index (χ0n) is 12.5. The molecule has 2 heterocycles. The third-order valence-electron chi connectivity index (χ3n) is 3.52.